The number of carbonyl (C=O) groups is 1. The van der Waals surface area contributed by atoms with Crippen LogP contribution in [0.5, 0.6) is 0 Å². The monoisotopic (exact) mass is 246 g/mol. The molecule has 3 N–H and O–H groups in total. The average molecular weight is 247 g/mol. The summed E-state index contributed by atoms with van der Waals surface area (Å²) in [4.78, 5) is 11.7. The number of nitrogens with two attached hydrogens (primary N) is 1. The van der Waals surface area contributed by atoms with Crippen molar-refractivity contribution in [3.8, 4) is 0 Å². The summed E-state index contributed by atoms with van der Waals surface area (Å²) in [6, 6.07) is 0.257. The number of rotatable bonds is 4. The van der Waals surface area contributed by atoms with Crippen molar-refractivity contribution in [1.29, 1.82) is 0 Å². The molecule has 0 bridgehead atoms. The van der Waals surface area contributed by atoms with Gasteiger partial charge >= 0.3 is 0 Å². The van der Waals surface area contributed by atoms with Crippen molar-refractivity contribution in [2.24, 2.45) is 17.1 Å². The van der Waals surface area contributed by atoms with Crippen LogP contribution in [0.4, 0.5) is 0 Å². The molecule has 0 saturated heterocycles. The van der Waals surface area contributed by atoms with Gasteiger partial charge in [0.15, 0.2) is 0 Å². The molecule has 4 heteroatoms. The maximum absolute atomic E-state index is 11.7. The SMILES string of the molecule is CC1(CNC(=O)C[C@@H]2CCC[C@H]2N)CC1.Cl. The summed E-state index contributed by atoms with van der Waals surface area (Å²) >= 11 is 0. The van der Waals surface area contributed by atoms with Crippen LogP contribution in [0.1, 0.15) is 45.4 Å². The first-order valence-corrected chi connectivity index (χ1v) is 6.11. The molecule has 1 amide bonds. The van der Waals surface area contributed by atoms with Gasteiger partial charge in [-0.05, 0) is 37.0 Å². The van der Waals surface area contributed by atoms with Gasteiger partial charge in [0.05, 0.1) is 0 Å². The van der Waals surface area contributed by atoms with Gasteiger partial charge in [-0.2, -0.15) is 0 Å². The Morgan fingerprint density at radius 2 is 2.12 bits per heavy atom. The van der Waals surface area contributed by atoms with Crippen LogP contribution >= 0.6 is 12.4 Å². The van der Waals surface area contributed by atoms with Gasteiger partial charge in [-0.15, -0.1) is 12.4 Å². The molecule has 2 aliphatic carbocycles. The highest BCUT2D eigenvalue weighted by molar-refractivity contribution is 5.85. The Bertz CT molecular complexity index is 253. The van der Waals surface area contributed by atoms with Crippen LogP contribution in [0.15, 0.2) is 0 Å². The average Bonchev–Trinajstić information content (AvgIpc) is 2.80. The molecule has 0 spiro atoms. The van der Waals surface area contributed by atoms with Gasteiger partial charge in [-0.25, -0.2) is 0 Å². The van der Waals surface area contributed by atoms with E-state index in [9.17, 15) is 4.79 Å². The minimum atomic E-state index is 0. The van der Waals surface area contributed by atoms with Gasteiger partial charge in [0.25, 0.3) is 0 Å². The first-order valence-electron chi connectivity index (χ1n) is 6.11. The highest BCUT2D eigenvalue weighted by Crippen LogP contribution is 2.44. The molecule has 2 rings (SSSR count). The van der Waals surface area contributed by atoms with Crippen molar-refractivity contribution in [3.63, 3.8) is 0 Å². The number of hydrogen-bond acceptors (Lipinski definition) is 2. The summed E-state index contributed by atoms with van der Waals surface area (Å²) in [5, 5.41) is 3.04. The second-order valence-electron chi connectivity index (χ2n) is 5.65. The zero-order valence-electron chi connectivity index (χ0n) is 10.00. The zero-order chi connectivity index (χ0) is 10.9. The maximum Gasteiger partial charge on any atom is 0.220 e. The molecule has 2 atom stereocenters. The number of hydrogen-bond donors (Lipinski definition) is 2. The summed E-state index contributed by atoms with van der Waals surface area (Å²) in [7, 11) is 0. The van der Waals surface area contributed by atoms with Crippen LogP contribution in [-0.4, -0.2) is 18.5 Å². The lowest BCUT2D eigenvalue weighted by Gasteiger charge is -2.16. The molecule has 3 nitrogen and oxygen atoms in total. The second-order valence-corrected chi connectivity index (χ2v) is 5.65. The largest absolute Gasteiger partial charge is 0.356 e. The van der Waals surface area contributed by atoms with Crippen LogP contribution in [0.25, 0.3) is 0 Å². The molecular weight excluding hydrogens is 224 g/mol. The van der Waals surface area contributed by atoms with Gasteiger partial charge in [0.1, 0.15) is 0 Å². The van der Waals surface area contributed by atoms with E-state index in [0.29, 0.717) is 17.8 Å². The molecule has 94 valence electrons. The van der Waals surface area contributed by atoms with E-state index in [1.165, 1.54) is 19.3 Å². The Hall–Kier alpha value is -0.280. The summed E-state index contributed by atoms with van der Waals surface area (Å²) < 4.78 is 0. The highest BCUT2D eigenvalue weighted by atomic mass is 35.5. The van der Waals surface area contributed by atoms with Gasteiger partial charge in [-0.1, -0.05) is 13.3 Å². The highest BCUT2D eigenvalue weighted by Gasteiger charge is 2.37. The van der Waals surface area contributed by atoms with Crippen LogP contribution in [0.2, 0.25) is 0 Å². The standard InChI is InChI=1S/C12H22N2O.ClH/c1-12(5-6-12)8-14-11(15)7-9-3-2-4-10(9)13;/h9-10H,2-8,13H2,1H3,(H,14,15);1H/t9-,10+;/m0./s1. The maximum atomic E-state index is 11.7. The fraction of sp³-hybridized carbons (Fsp3) is 0.917. The summed E-state index contributed by atoms with van der Waals surface area (Å²) in [5.41, 5.74) is 6.35. The van der Waals surface area contributed by atoms with E-state index in [1.807, 2.05) is 0 Å². The number of nitrogens with one attached hydrogen (secondary N) is 1. The van der Waals surface area contributed by atoms with Crippen LogP contribution in [-0.2, 0) is 4.79 Å². The Balaban J connectivity index is 0.00000128. The minimum Gasteiger partial charge on any atom is -0.356 e. The van der Waals surface area contributed by atoms with Crippen LogP contribution in [0, 0.1) is 11.3 Å². The quantitative estimate of drug-likeness (QED) is 0.796. The second kappa shape index (κ2) is 5.37. The van der Waals surface area contributed by atoms with E-state index < -0.39 is 0 Å². The van der Waals surface area contributed by atoms with E-state index >= 15 is 0 Å². The predicted octanol–water partition coefficient (Wildman–Crippen LogP) is 1.84. The zero-order valence-corrected chi connectivity index (χ0v) is 10.8. The van der Waals surface area contributed by atoms with Gasteiger partial charge in [0, 0.05) is 19.0 Å². The Morgan fingerprint density at radius 1 is 1.44 bits per heavy atom. The topological polar surface area (TPSA) is 55.1 Å². The van der Waals surface area contributed by atoms with E-state index in [0.717, 1.165) is 19.4 Å². The number of carbonyl (C=O) groups excluding carboxylic acids is 1. The first-order chi connectivity index (χ1) is 7.09. The molecule has 0 aromatic carbocycles. The number of halogens is 1. The lowest BCUT2D eigenvalue weighted by molar-refractivity contribution is -0.122. The van der Waals surface area contributed by atoms with Crippen molar-refractivity contribution in [2.75, 3.05) is 6.54 Å². The third kappa shape index (κ3) is 3.63. The third-order valence-electron chi connectivity index (χ3n) is 3.98. The lowest BCUT2D eigenvalue weighted by atomic mass is 9.99. The first kappa shape index (κ1) is 13.8. The molecule has 16 heavy (non-hydrogen) atoms. The molecule has 0 aliphatic heterocycles. The lowest BCUT2D eigenvalue weighted by Crippen LogP contribution is -2.33. The fourth-order valence-corrected chi connectivity index (χ4v) is 2.33. The molecule has 0 heterocycles. The van der Waals surface area contributed by atoms with Crippen molar-refractivity contribution >= 4 is 18.3 Å². The van der Waals surface area contributed by atoms with Crippen molar-refractivity contribution in [1.82, 2.24) is 5.32 Å². The van der Waals surface area contributed by atoms with Crippen LogP contribution < -0.4 is 11.1 Å². The Morgan fingerprint density at radius 3 is 2.62 bits per heavy atom. The van der Waals surface area contributed by atoms with Gasteiger partial charge in [0.2, 0.25) is 5.91 Å². The predicted molar refractivity (Wildman–Crippen MR) is 67.5 cm³/mol. The van der Waals surface area contributed by atoms with Gasteiger partial charge in [-0.3, -0.25) is 4.79 Å². The van der Waals surface area contributed by atoms with Crippen LogP contribution in [0.3, 0.4) is 0 Å². The molecular formula is C12H23ClN2O. The van der Waals surface area contributed by atoms with Crippen molar-refractivity contribution in [3.05, 3.63) is 0 Å². The molecule has 0 radical (unpaired) electrons. The van der Waals surface area contributed by atoms with Crippen molar-refractivity contribution < 1.29 is 4.79 Å². The normalized spacial score (nSPS) is 30.6. The molecule has 0 unspecified atom stereocenters. The van der Waals surface area contributed by atoms with E-state index in [-0.39, 0.29) is 24.4 Å². The smallest absolute Gasteiger partial charge is 0.220 e. The Kier molecular flexibility index (Phi) is 4.62. The molecule has 2 fully saturated rings. The van der Waals surface area contributed by atoms with Crippen molar-refractivity contribution in [2.45, 2.75) is 51.5 Å². The third-order valence-corrected chi connectivity index (χ3v) is 3.98. The van der Waals surface area contributed by atoms with E-state index in [4.69, 9.17) is 5.73 Å². The summed E-state index contributed by atoms with van der Waals surface area (Å²) in [6.45, 7) is 3.09. The minimum absolute atomic E-state index is 0. The summed E-state index contributed by atoms with van der Waals surface area (Å²) in [6.07, 6.45) is 6.57. The molecule has 2 saturated carbocycles. The molecule has 0 aromatic heterocycles. The van der Waals surface area contributed by atoms with E-state index in [2.05, 4.69) is 12.2 Å². The summed E-state index contributed by atoms with van der Waals surface area (Å²) in [5.74, 6) is 0.627. The molecule has 2 aliphatic rings. The number of amides is 1. The van der Waals surface area contributed by atoms with E-state index in [1.54, 1.807) is 0 Å². The molecule has 0 aromatic rings. The fourth-order valence-electron chi connectivity index (χ4n) is 2.33. The Labute approximate surface area is 104 Å². The van der Waals surface area contributed by atoms with Gasteiger partial charge < -0.3 is 11.1 Å².